The van der Waals surface area contributed by atoms with Crippen LogP contribution >= 0.6 is 0 Å². The maximum atomic E-state index is 8.76. The molecule has 0 N–H and O–H groups in total. The molecule has 1 aromatic carbocycles. The minimum Gasteiger partial charge on any atom is -0.257 e. The fourth-order valence-electron chi connectivity index (χ4n) is 1.37. The van der Waals surface area contributed by atoms with E-state index in [1.54, 1.807) is 12.3 Å². The zero-order chi connectivity index (χ0) is 11.2. The van der Waals surface area contributed by atoms with Gasteiger partial charge in [-0.15, -0.1) is 0 Å². The third kappa shape index (κ3) is 2.55. The Kier molecular flexibility index (Phi) is 3.10. The van der Waals surface area contributed by atoms with Gasteiger partial charge < -0.3 is 0 Å². The second kappa shape index (κ2) is 4.90. The molecule has 0 aliphatic heterocycles. The normalized spacial score (nSPS) is 10.2. The number of rotatable bonds is 2. The molecular weight excluding hydrogens is 196 g/mol. The Balaban J connectivity index is 2.21. The van der Waals surface area contributed by atoms with Crippen molar-refractivity contribution < 1.29 is 0 Å². The molecule has 0 saturated carbocycles. The number of nitrogens with zero attached hydrogens (tertiary/aromatic N) is 2. The minimum absolute atomic E-state index is 0.670. The van der Waals surface area contributed by atoms with E-state index in [1.807, 2.05) is 48.6 Å². The summed E-state index contributed by atoms with van der Waals surface area (Å²) in [7, 11) is 0. The highest BCUT2D eigenvalue weighted by atomic mass is 14.6. The number of benzene rings is 1. The van der Waals surface area contributed by atoms with Gasteiger partial charge >= 0.3 is 0 Å². The lowest BCUT2D eigenvalue weighted by Crippen LogP contribution is -1.78. The second-order valence-corrected chi connectivity index (χ2v) is 3.33. The van der Waals surface area contributed by atoms with E-state index < -0.39 is 0 Å². The molecule has 0 unspecified atom stereocenters. The molecule has 0 saturated heterocycles. The maximum Gasteiger partial charge on any atom is 0.0991 e. The third-order valence-corrected chi connectivity index (χ3v) is 2.15. The van der Waals surface area contributed by atoms with Crippen LogP contribution in [-0.2, 0) is 0 Å². The van der Waals surface area contributed by atoms with Crippen molar-refractivity contribution in [3.63, 3.8) is 0 Å². The zero-order valence-electron chi connectivity index (χ0n) is 8.67. The summed E-state index contributed by atoms with van der Waals surface area (Å²) in [6.07, 6.45) is 5.63. The van der Waals surface area contributed by atoms with E-state index in [0.717, 1.165) is 11.3 Å². The first-order chi connectivity index (χ1) is 7.88. The predicted octanol–water partition coefficient (Wildman–Crippen LogP) is 3.12. The summed E-state index contributed by atoms with van der Waals surface area (Å²) in [5, 5.41) is 8.76. The molecule has 0 aliphatic carbocycles. The van der Waals surface area contributed by atoms with Gasteiger partial charge in [-0.25, -0.2) is 0 Å². The molecular formula is C14H10N2. The van der Waals surface area contributed by atoms with Crippen LogP contribution in [0.25, 0.3) is 12.2 Å². The van der Waals surface area contributed by atoms with Gasteiger partial charge in [0.15, 0.2) is 0 Å². The monoisotopic (exact) mass is 206 g/mol. The molecule has 2 heteroatoms. The van der Waals surface area contributed by atoms with Crippen molar-refractivity contribution in [2.75, 3.05) is 0 Å². The van der Waals surface area contributed by atoms with Crippen molar-refractivity contribution in [3.05, 3.63) is 65.5 Å². The van der Waals surface area contributed by atoms with E-state index in [-0.39, 0.29) is 0 Å². The van der Waals surface area contributed by atoms with E-state index in [0.29, 0.717) is 5.56 Å². The highest BCUT2D eigenvalue weighted by molar-refractivity contribution is 5.68. The van der Waals surface area contributed by atoms with Crippen LogP contribution < -0.4 is 0 Å². The van der Waals surface area contributed by atoms with E-state index in [2.05, 4.69) is 11.1 Å². The lowest BCUT2D eigenvalue weighted by molar-refractivity contribution is 1.30. The molecule has 0 amide bonds. The molecule has 0 bridgehead atoms. The summed E-state index contributed by atoms with van der Waals surface area (Å²) >= 11 is 0. The molecule has 0 fully saturated rings. The van der Waals surface area contributed by atoms with Crippen LogP contribution in [0.2, 0.25) is 0 Å². The first kappa shape index (κ1) is 10.1. The maximum absolute atomic E-state index is 8.76. The molecule has 2 aromatic rings. The van der Waals surface area contributed by atoms with Crippen molar-refractivity contribution >= 4 is 12.2 Å². The number of aromatic nitrogens is 1. The quantitative estimate of drug-likeness (QED) is 0.756. The molecule has 0 spiro atoms. The van der Waals surface area contributed by atoms with Crippen LogP contribution in [0.4, 0.5) is 0 Å². The Bertz CT molecular complexity index is 536. The van der Waals surface area contributed by atoms with Crippen LogP contribution in [0.1, 0.15) is 16.8 Å². The summed E-state index contributed by atoms with van der Waals surface area (Å²) in [5.41, 5.74) is 2.58. The molecule has 1 heterocycles. The molecule has 0 aliphatic rings. The average Bonchev–Trinajstić information content (AvgIpc) is 2.38. The van der Waals surface area contributed by atoms with Crippen molar-refractivity contribution in [2.24, 2.45) is 0 Å². The van der Waals surface area contributed by atoms with E-state index in [9.17, 15) is 0 Å². The van der Waals surface area contributed by atoms with Crippen molar-refractivity contribution in [1.82, 2.24) is 4.98 Å². The summed E-state index contributed by atoms with van der Waals surface area (Å²) in [6, 6.07) is 15.3. The van der Waals surface area contributed by atoms with Gasteiger partial charge in [-0.1, -0.05) is 24.3 Å². The SMILES string of the molecule is N#Cc1cccc(C=Cc2ccccn2)c1. The van der Waals surface area contributed by atoms with Crippen LogP contribution in [0, 0.1) is 11.3 Å². The number of hydrogen-bond acceptors (Lipinski definition) is 2. The smallest absolute Gasteiger partial charge is 0.0991 e. The topological polar surface area (TPSA) is 36.7 Å². The average molecular weight is 206 g/mol. The predicted molar refractivity (Wildman–Crippen MR) is 64.3 cm³/mol. The number of nitriles is 1. The Morgan fingerprint density at radius 1 is 1.06 bits per heavy atom. The lowest BCUT2D eigenvalue weighted by atomic mass is 10.1. The van der Waals surface area contributed by atoms with Gasteiger partial charge in [0.2, 0.25) is 0 Å². The van der Waals surface area contributed by atoms with E-state index >= 15 is 0 Å². The molecule has 2 nitrogen and oxygen atoms in total. The zero-order valence-corrected chi connectivity index (χ0v) is 8.67. The van der Waals surface area contributed by atoms with E-state index in [4.69, 9.17) is 5.26 Å². The van der Waals surface area contributed by atoms with Gasteiger partial charge in [0.05, 0.1) is 17.3 Å². The standard InChI is InChI=1S/C14H10N2/c15-11-13-5-3-4-12(10-13)7-8-14-6-1-2-9-16-14/h1-10H. The molecule has 2 rings (SSSR count). The summed E-state index contributed by atoms with van der Waals surface area (Å²) in [6.45, 7) is 0. The molecule has 16 heavy (non-hydrogen) atoms. The molecule has 76 valence electrons. The summed E-state index contributed by atoms with van der Waals surface area (Å²) < 4.78 is 0. The van der Waals surface area contributed by atoms with Crippen LogP contribution in [0.5, 0.6) is 0 Å². The van der Waals surface area contributed by atoms with E-state index in [1.165, 1.54) is 0 Å². The Morgan fingerprint density at radius 3 is 2.75 bits per heavy atom. The number of hydrogen-bond donors (Lipinski definition) is 0. The van der Waals surface area contributed by atoms with Gasteiger partial charge in [0.25, 0.3) is 0 Å². The number of pyridine rings is 1. The van der Waals surface area contributed by atoms with Gasteiger partial charge in [-0.2, -0.15) is 5.26 Å². The van der Waals surface area contributed by atoms with Gasteiger partial charge in [0.1, 0.15) is 0 Å². The van der Waals surface area contributed by atoms with Gasteiger partial charge in [-0.3, -0.25) is 4.98 Å². The molecule has 0 radical (unpaired) electrons. The fraction of sp³-hybridized carbons (Fsp3) is 0. The van der Waals surface area contributed by atoms with Gasteiger partial charge in [-0.05, 0) is 35.9 Å². The summed E-state index contributed by atoms with van der Waals surface area (Å²) in [4.78, 5) is 4.18. The molecule has 0 atom stereocenters. The van der Waals surface area contributed by atoms with Crippen molar-refractivity contribution in [3.8, 4) is 6.07 Å². The third-order valence-electron chi connectivity index (χ3n) is 2.15. The highest BCUT2D eigenvalue weighted by Crippen LogP contribution is 2.08. The summed E-state index contributed by atoms with van der Waals surface area (Å²) in [5.74, 6) is 0. The first-order valence-corrected chi connectivity index (χ1v) is 4.98. The Hall–Kier alpha value is -2.40. The molecule has 1 aromatic heterocycles. The second-order valence-electron chi connectivity index (χ2n) is 3.33. The lowest BCUT2D eigenvalue weighted by Gasteiger charge is -1.94. The highest BCUT2D eigenvalue weighted by Gasteiger charge is 1.91. The first-order valence-electron chi connectivity index (χ1n) is 4.98. The fourth-order valence-corrected chi connectivity index (χ4v) is 1.37. The Morgan fingerprint density at radius 2 is 2.00 bits per heavy atom. The van der Waals surface area contributed by atoms with Crippen LogP contribution in [0.15, 0.2) is 48.7 Å². The van der Waals surface area contributed by atoms with Crippen molar-refractivity contribution in [2.45, 2.75) is 0 Å². The van der Waals surface area contributed by atoms with Crippen molar-refractivity contribution in [1.29, 1.82) is 5.26 Å². The van der Waals surface area contributed by atoms with Crippen LogP contribution in [0.3, 0.4) is 0 Å². The largest absolute Gasteiger partial charge is 0.257 e. The minimum atomic E-state index is 0.670. The Labute approximate surface area is 94.5 Å². The van der Waals surface area contributed by atoms with Crippen LogP contribution in [-0.4, -0.2) is 4.98 Å². The van der Waals surface area contributed by atoms with Gasteiger partial charge in [0, 0.05) is 6.20 Å².